The van der Waals surface area contributed by atoms with Crippen molar-refractivity contribution in [1.82, 2.24) is 19.9 Å². The molecule has 2 saturated heterocycles. The number of rotatable bonds is 3. The Morgan fingerprint density at radius 1 is 1.09 bits per heavy atom. The third kappa shape index (κ3) is 6.17. The number of hydrogen-bond donors (Lipinski definition) is 1. The van der Waals surface area contributed by atoms with Crippen molar-refractivity contribution in [2.75, 3.05) is 31.1 Å². The first-order chi connectivity index (χ1) is 15.6. The summed E-state index contributed by atoms with van der Waals surface area (Å²) >= 11 is 0. The van der Waals surface area contributed by atoms with Gasteiger partial charge in [-0.05, 0) is 48.8 Å². The Hall–Kier alpha value is -3.24. The Kier molecular flexibility index (Phi) is 7.50. The number of carbonyl (C=O) groups is 2. The number of carboxylic acid groups (broad SMARTS) is 1. The number of carbonyl (C=O) groups excluding carboxylic acids is 1. The SMILES string of the molecule is CCc1cnc(N2CCC3(CCN(C(=O)c4cccnc4)CC3)C2)nc1.O=C(O)C(F)(F)F. The van der Waals surface area contributed by atoms with E-state index in [1.165, 1.54) is 5.56 Å². The van der Waals surface area contributed by atoms with E-state index in [-0.39, 0.29) is 5.91 Å². The van der Waals surface area contributed by atoms with Crippen molar-refractivity contribution in [3.8, 4) is 0 Å². The second-order valence-electron chi connectivity index (χ2n) is 8.25. The largest absolute Gasteiger partial charge is 0.490 e. The molecule has 11 heteroatoms. The summed E-state index contributed by atoms with van der Waals surface area (Å²) in [6.07, 6.45) is 6.34. The summed E-state index contributed by atoms with van der Waals surface area (Å²) in [4.78, 5) is 38.9. The lowest BCUT2D eigenvalue weighted by molar-refractivity contribution is -0.192. The van der Waals surface area contributed by atoms with Crippen molar-refractivity contribution in [3.05, 3.63) is 48.0 Å². The van der Waals surface area contributed by atoms with Crippen LogP contribution in [0.2, 0.25) is 0 Å². The maximum Gasteiger partial charge on any atom is 0.490 e. The van der Waals surface area contributed by atoms with Gasteiger partial charge in [-0.3, -0.25) is 9.78 Å². The molecule has 1 spiro atoms. The predicted molar refractivity (Wildman–Crippen MR) is 114 cm³/mol. The minimum absolute atomic E-state index is 0.0984. The Morgan fingerprint density at radius 2 is 1.70 bits per heavy atom. The zero-order valence-corrected chi connectivity index (χ0v) is 18.3. The van der Waals surface area contributed by atoms with Gasteiger partial charge in [0.15, 0.2) is 0 Å². The lowest BCUT2D eigenvalue weighted by atomic mass is 9.77. The summed E-state index contributed by atoms with van der Waals surface area (Å²) in [5.41, 5.74) is 2.14. The number of halogens is 3. The van der Waals surface area contributed by atoms with Crippen LogP contribution in [0.4, 0.5) is 19.1 Å². The van der Waals surface area contributed by atoms with Crippen molar-refractivity contribution in [3.63, 3.8) is 0 Å². The molecule has 0 radical (unpaired) electrons. The maximum atomic E-state index is 12.6. The van der Waals surface area contributed by atoms with Crippen LogP contribution in [0, 0.1) is 5.41 Å². The second kappa shape index (κ2) is 10.1. The highest BCUT2D eigenvalue weighted by Crippen LogP contribution is 2.41. The number of anilines is 1. The fraction of sp³-hybridized carbons (Fsp3) is 0.500. The average molecular weight is 465 g/mol. The lowest BCUT2D eigenvalue weighted by Crippen LogP contribution is -2.44. The molecular weight excluding hydrogens is 439 g/mol. The fourth-order valence-electron chi connectivity index (χ4n) is 4.06. The lowest BCUT2D eigenvalue weighted by Gasteiger charge is -2.39. The van der Waals surface area contributed by atoms with E-state index in [2.05, 4.69) is 26.8 Å². The molecule has 0 saturated carbocycles. The predicted octanol–water partition coefficient (Wildman–Crippen LogP) is 3.20. The Morgan fingerprint density at radius 3 is 2.21 bits per heavy atom. The van der Waals surface area contributed by atoms with Gasteiger partial charge in [0.1, 0.15) is 0 Å². The summed E-state index contributed by atoms with van der Waals surface area (Å²) < 4.78 is 31.7. The normalized spacial score (nSPS) is 17.5. The van der Waals surface area contributed by atoms with Gasteiger partial charge < -0.3 is 14.9 Å². The smallest absolute Gasteiger partial charge is 0.475 e. The van der Waals surface area contributed by atoms with E-state index in [9.17, 15) is 18.0 Å². The molecule has 2 aliphatic heterocycles. The first-order valence-electron chi connectivity index (χ1n) is 10.7. The van der Waals surface area contributed by atoms with Crippen molar-refractivity contribution in [2.24, 2.45) is 5.41 Å². The van der Waals surface area contributed by atoms with Crippen LogP contribution in [-0.4, -0.2) is 69.2 Å². The molecule has 2 aromatic heterocycles. The molecule has 0 unspecified atom stereocenters. The van der Waals surface area contributed by atoms with Crippen molar-refractivity contribution < 1.29 is 27.9 Å². The second-order valence-corrected chi connectivity index (χ2v) is 8.25. The Labute approximate surface area is 189 Å². The van der Waals surface area contributed by atoms with E-state index in [0.717, 1.165) is 57.8 Å². The number of amides is 1. The number of aliphatic carboxylic acids is 1. The molecule has 2 aliphatic rings. The number of alkyl halides is 3. The first-order valence-corrected chi connectivity index (χ1v) is 10.7. The van der Waals surface area contributed by atoms with Gasteiger partial charge in [0.2, 0.25) is 5.95 Å². The molecule has 2 aromatic rings. The number of aromatic nitrogens is 3. The summed E-state index contributed by atoms with van der Waals surface area (Å²) in [6.45, 7) is 5.74. The molecule has 178 valence electrons. The minimum atomic E-state index is -5.08. The Balaban J connectivity index is 0.000000383. The molecular formula is C22H26F3N5O3. The van der Waals surface area contributed by atoms with Gasteiger partial charge >= 0.3 is 12.1 Å². The maximum absolute atomic E-state index is 12.6. The van der Waals surface area contributed by atoms with Crippen molar-refractivity contribution >= 4 is 17.8 Å². The van der Waals surface area contributed by atoms with Crippen LogP contribution in [0.1, 0.15) is 42.1 Å². The van der Waals surface area contributed by atoms with E-state index in [1.807, 2.05) is 29.4 Å². The molecule has 33 heavy (non-hydrogen) atoms. The van der Waals surface area contributed by atoms with Gasteiger partial charge in [-0.1, -0.05) is 6.92 Å². The van der Waals surface area contributed by atoms with E-state index in [0.29, 0.717) is 11.0 Å². The standard InChI is InChI=1S/C20H25N5O.C2HF3O2/c1-2-16-12-22-19(23-13-16)25-11-7-20(15-25)5-9-24(10-6-20)18(26)17-4-3-8-21-14-17;3-2(4,5)1(6)7/h3-4,8,12-14H,2,5-7,9-11,15H2,1H3;(H,6,7). The van der Waals surface area contributed by atoms with Gasteiger partial charge in [0.25, 0.3) is 5.91 Å². The molecule has 0 aliphatic carbocycles. The molecule has 1 N–H and O–H groups in total. The van der Waals surface area contributed by atoms with E-state index >= 15 is 0 Å². The third-order valence-corrected chi connectivity index (χ3v) is 6.08. The number of likely N-dealkylation sites (tertiary alicyclic amines) is 1. The van der Waals surface area contributed by atoms with Gasteiger partial charge in [0.05, 0.1) is 5.56 Å². The number of aryl methyl sites for hydroxylation is 1. The highest BCUT2D eigenvalue weighted by atomic mass is 19.4. The number of carboxylic acids is 1. The van der Waals surface area contributed by atoms with Crippen molar-refractivity contribution in [1.29, 1.82) is 0 Å². The number of piperidine rings is 1. The number of nitrogens with zero attached hydrogens (tertiary/aromatic N) is 5. The van der Waals surface area contributed by atoms with Crippen LogP contribution in [0.5, 0.6) is 0 Å². The van der Waals surface area contributed by atoms with Gasteiger partial charge in [0, 0.05) is 51.0 Å². The number of pyridine rings is 1. The van der Waals surface area contributed by atoms with Crippen LogP contribution in [0.15, 0.2) is 36.9 Å². The monoisotopic (exact) mass is 465 g/mol. The summed E-state index contributed by atoms with van der Waals surface area (Å²) in [6, 6.07) is 3.66. The summed E-state index contributed by atoms with van der Waals surface area (Å²) in [5.74, 6) is -1.82. The van der Waals surface area contributed by atoms with E-state index in [4.69, 9.17) is 9.90 Å². The third-order valence-electron chi connectivity index (χ3n) is 6.08. The highest BCUT2D eigenvalue weighted by Gasteiger charge is 2.42. The van der Waals surface area contributed by atoms with Gasteiger partial charge in [-0.2, -0.15) is 13.2 Å². The van der Waals surface area contributed by atoms with Crippen molar-refractivity contribution in [2.45, 2.75) is 38.8 Å². The zero-order valence-electron chi connectivity index (χ0n) is 18.3. The molecule has 1 amide bonds. The van der Waals surface area contributed by atoms with E-state index in [1.54, 1.807) is 12.4 Å². The fourth-order valence-corrected chi connectivity index (χ4v) is 4.06. The average Bonchev–Trinajstić information content (AvgIpc) is 3.23. The molecule has 0 bridgehead atoms. The molecule has 0 aromatic carbocycles. The zero-order chi connectivity index (χ0) is 24.1. The molecule has 4 rings (SSSR count). The quantitative estimate of drug-likeness (QED) is 0.743. The van der Waals surface area contributed by atoms with Crippen LogP contribution >= 0.6 is 0 Å². The molecule has 0 atom stereocenters. The minimum Gasteiger partial charge on any atom is -0.475 e. The number of hydrogen-bond acceptors (Lipinski definition) is 6. The highest BCUT2D eigenvalue weighted by molar-refractivity contribution is 5.93. The van der Waals surface area contributed by atoms with Crippen LogP contribution in [0.25, 0.3) is 0 Å². The van der Waals surface area contributed by atoms with Crippen LogP contribution in [-0.2, 0) is 11.2 Å². The van der Waals surface area contributed by atoms with Crippen LogP contribution in [0.3, 0.4) is 0 Å². The van der Waals surface area contributed by atoms with Gasteiger partial charge in [-0.25, -0.2) is 14.8 Å². The molecule has 2 fully saturated rings. The summed E-state index contributed by atoms with van der Waals surface area (Å²) in [5, 5.41) is 7.12. The van der Waals surface area contributed by atoms with Crippen LogP contribution < -0.4 is 4.90 Å². The molecule has 4 heterocycles. The topological polar surface area (TPSA) is 99.5 Å². The van der Waals surface area contributed by atoms with Gasteiger partial charge in [-0.15, -0.1) is 0 Å². The Bertz CT molecular complexity index is 946. The summed E-state index contributed by atoms with van der Waals surface area (Å²) in [7, 11) is 0. The molecule has 8 nitrogen and oxygen atoms in total. The first kappa shape index (κ1) is 24.4. The van der Waals surface area contributed by atoms with E-state index < -0.39 is 12.1 Å².